The fourth-order valence-corrected chi connectivity index (χ4v) is 2.79. The maximum atomic E-state index is 12.2. The maximum Gasteiger partial charge on any atom is 0.263 e. The number of benzene rings is 1. The van der Waals surface area contributed by atoms with Gasteiger partial charge in [0.1, 0.15) is 11.6 Å². The lowest BCUT2D eigenvalue weighted by Crippen LogP contribution is -2.15. The zero-order valence-electron chi connectivity index (χ0n) is 12.2. The molecule has 2 N–H and O–H groups in total. The summed E-state index contributed by atoms with van der Waals surface area (Å²) in [6.07, 6.45) is 1.18. The largest absolute Gasteiger partial charge is 0.506 e. The average molecular weight is 306 g/mol. The van der Waals surface area contributed by atoms with E-state index in [-0.39, 0.29) is 21.9 Å². The van der Waals surface area contributed by atoms with Crippen LogP contribution in [0.2, 0.25) is 0 Å². The van der Waals surface area contributed by atoms with Gasteiger partial charge in [-0.15, -0.1) is 0 Å². The van der Waals surface area contributed by atoms with Crippen LogP contribution >= 0.6 is 0 Å². The highest BCUT2D eigenvalue weighted by atomic mass is 32.2. The van der Waals surface area contributed by atoms with E-state index in [0.29, 0.717) is 0 Å². The van der Waals surface area contributed by atoms with Gasteiger partial charge in [-0.25, -0.2) is 13.4 Å². The molecule has 0 bridgehead atoms. The minimum absolute atomic E-state index is 0.0209. The molecule has 0 spiro atoms. The van der Waals surface area contributed by atoms with Gasteiger partial charge >= 0.3 is 0 Å². The van der Waals surface area contributed by atoms with Gasteiger partial charge < -0.3 is 5.11 Å². The molecule has 0 amide bonds. The van der Waals surface area contributed by atoms with Gasteiger partial charge in [-0.3, -0.25) is 4.72 Å². The summed E-state index contributed by atoms with van der Waals surface area (Å²) in [5.41, 5.74) is 1.03. The van der Waals surface area contributed by atoms with Crippen molar-refractivity contribution in [1.82, 2.24) is 4.98 Å². The average Bonchev–Trinajstić information content (AvgIpc) is 2.40. The Morgan fingerprint density at radius 2 is 1.67 bits per heavy atom. The van der Waals surface area contributed by atoms with E-state index in [2.05, 4.69) is 30.5 Å². The third-order valence-electron chi connectivity index (χ3n) is 3.02. The number of hydrogen-bond donors (Lipinski definition) is 2. The molecule has 1 aromatic carbocycles. The third-order valence-corrected chi connectivity index (χ3v) is 4.39. The van der Waals surface area contributed by atoms with Gasteiger partial charge in [0.15, 0.2) is 0 Å². The van der Waals surface area contributed by atoms with E-state index in [1.807, 2.05) is 0 Å². The van der Waals surface area contributed by atoms with Crippen molar-refractivity contribution in [2.24, 2.45) is 0 Å². The molecule has 1 aromatic heterocycles. The summed E-state index contributed by atoms with van der Waals surface area (Å²) >= 11 is 0. The first-order valence-corrected chi connectivity index (χ1v) is 7.95. The fraction of sp³-hybridized carbons (Fsp3) is 0.267. The molecule has 0 saturated heterocycles. The Labute approximate surface area is 124 Å². The molecular formula is C15H18N2O3S. The van der Waals surface area contributed by atoms with Crippen LogP contribution in [0.15, 0.2) is 47.5 Å². The van der Waals surface area contributed by atoms with Gasteiger partial charge in [0.25, 0.3) is 10.0 Å². The molecule has 5 nitrogen and oxygen atoms in total. The summed E-state index contributed by atoms with van der Waals surface area (Å²) < 4.78 is 26.8. The summed E-state index contributed by atoms with van der Waals surface area (Å²) in [7, 11) is -3.68. The van der Waals surface area contributed by atoms with Crippen molar-refractivity contribution in [3.63, 3.8) is 0 Å². The Morgan fingerprint density at radius 1 is 1.05 bits per heavy atom. The molecular weight excluding hydrogens is 288 g/mol. The van der Waals surface area contributed by atoms with Gasteiger partial charge in [-0.05, 0) is 35.2 Å². The number of rotatable bonds is 3. The first kappa shape index (κ1) is 15.3. The minimum Gasteiger partial charge on any atom is -0.506 e. The zero-order valence-corrected chi connectivity index (χ0v) is 13.0. The van der Waals surface area contributed by atoms with E-state index in [1.54, 1.807) is 24.3 Å². The van der Waals surface area contributed by atoms with E-state index in [1.165, 1.54) is 18.3 Å². The SMILES string of the molecule is CC(C)(C)c1ccc(S(=O)(=O)Nc2ccc(O)cn2)cc1. The summed E-state index contributed by atoms with van der Waals surface area (Å²) in [6.45, 7) is 6.19. The van der Waals surface area contributed by atoms with E-state index in [4.69, 9.17) is 5.11 Å². The van der Waals surface area contributed by atoms with Crippen molar-refractivity contribution in [1.29, 1.82) is 0 Å². The van der Waals surface area contributed by atoms with Crippen LogP contribution in [0.1, 0.15) is 26.3 Å². The molecule has 0 radical (unpaired) electrons. The van der Waals surface area contributed by atoms with Crippen LogP contribution in [-0.2, 0) is 15.4 Å². The molecule has 0 saturated carbocycles. The van der Waals surface area contributed by atoms with Crippen LogP contribution in [-0.4, -0.2) is 18.5 Å². The number of anilines is 1. The molecule has 21 heavy (non-hydrogen) atoms. The quantitative estimate of drug-likeness (QED) is 0.914. The third kappa shape index (κ3) is 3.72. The van der Waals surface area contributed by atoms with Crippen LogP contribution in [0.4, 0.5) is 5.82 Å². The van der Waals surface area contributed by atoms with Crippen molar-refractivity contribution in [2.75, 3.05) is 4.72 Å². The first-order valence-electron chi connectivity index (χ1n) is 6.47. The van der Waals surface area contributed by atoms with Crippen LogP contribution in [0.3, 0.4) is 0 Å². The number of aromatic nitrogens is 1. The smallest absolute Gasteiger partial charge is 0.263 e. The number of nitrogens with one attached hydrogen (secondary N) is 1. The Hall–Kier alpha value is -2.08. The summed E-state index contributed by atoms with van der Waals surface area (Å²) in [5.74, 6) is 0.139. The molecule has 0 aliphatic heterocycles. The second-order valence-electron chi connectivity index (χ2n) is 5.78. The second-order valence-corrected chi connectivity index (χ2v) is 7.46. The molecule has 2 rings (SSSR count). The lowest BCUT2D eigenvalue weighted by molar-refractivity contribution is 0.473. The molecule has 2 aromatic rings. The lowest BCUT2D eigenvalue weighted by atomic mass is 9.87. The topological polar surface area (TPSA) is 79.3 Å². The molecule has 1 heterocycles. The number of sulfonamides is 1. The molecule has 0 aliphatic carbocycles. The monoisotopic (exact) mass is 306 g/mol. The van der Waals surface area contributed by atoms with E-state index < -0.39 is 10.0 Å². The van der Waals surface area contributed by atoms with Gasteiger partial charge in [-0.1, -0.05) is 32.9 Å². The molecule has 112 valence electrons. The van der Waals surface area contributed by atoms with E-state index in [0.717, 1.165) is 5.56 Å². The highest BCUT2D eigenvalue weighted by Gasteiger charge is 2.18. The van der Waals surface area contributed by atoms with Crippen molar-refractivity contribution < 1.29 is 13.5 Å². The molecule has 6 heteroatoms. The van der Waals surface area contributed by atoms with Crippen LogP contribution < -0.4 is 4.72 Å². The molecule has 0 unspecified atom stereocenters. The highest BCUT2D eigenvalue weighted by Crippen LogP contribution is 2.24. The van der Waals surface area contributed by atoms with Gasteiger partial charge in [-0.2, -0.15) is 0 Å². The van der Waals surface area contributed by atoms with Crippen LogP contribution in [0, 0.1) is 0 Å². The second kappa shape index (κ2) is 5.37. The Morgan fingerprint density at radius 3 is 2.14 bits per heavy atom. The molecule has 0 aliphatic rings. The Bertz CT molecular complexity index is 715. The summed E-state index contributed by atoms with van der Waals surface area (Å²) in [5, 5.41) is 9.14. The number of aromatic hydroxyl groups is 1. The standard InChI is InChI=1S/C15H18N2O3S/c1-15(2,3)11-4-7-13(8-5-11)21(19,20)17-14-9-6-12(18)10-16-14/h4-10,18H,1-3H3,(H,16,17). The number of pyridine rings is 1. The zero-order chi connectivity index (χ0) is 15.7. The number of hydrogen-bond acceptors (Lipinski definition) is 4. The predicted octanol–water partition coefficient (Wildman–Crippen LogP) is 2.89. The van der Waals surface area contributed by atoms with Crippen molar-refractivity contribution in [3.8, 4) is 5.75 Å². The van der Waals surface area contributed by atoms with Gasteiger partial charge in [0.2, 0.25) is 0 Å². The normalized spacial score (nSPS) is 12.1. The van der Waals surface area contributed by atoms with Crippen molar-refractivity contribution >= 4 is 15.8 Å². The van der Waals surface area contributed by atoms with E-state index in [9.17, 15) is 8.42 Å². The Kier molecular flexibility index (Phi) is 3.91. The minimum atomic E-state index is -3.68. The van der Waals surface area contributed by atoms with Crippen molar-refractivity contribution in [3.05, 3.63) is 48.2 Å². The van der Waals surface area contributed by atoms with Gasteiger partial charge in [0.05, 0.1) is 11.1 Å². The molecule has 0 atom stereocenters. The predicted molar refractivity (Wildman–Crippen MR) is 81.9 cm³/mol. The van der Waals surface area contributed by atoms with Gasteiger partial charge in [0, 0.05) is 0 Å². The maximum absolute atomic E-state index is 12.2. The number of nitrogens with zero attached hydrogens (tertiary/aromatic N) is 1. The lowest BCUT2D eigenvalue weighted by Gasteiger charge is -2.19. The summed E-state index contributed by atoms with van der Waals surface area (Å²) in [6, 6.07) is 9.52. The van der Waals surface area contributed by atoms with Crippen molar-refractivity contribution in [2.45, 2.75) is 31.1 Å². The van der Waals surface area contributed by atoms with Crippen LogP contribution in [0.25, 0.3) is 0 Å². The first-order chi connectivity index (χ1) is 9.68. The van der Waals surface area contributed by atoms with Crippen LogP contribution in [0.5, 0.6) is 5.75 Å². The summed E-state index contributed by atoms with van der Waals surface area (Å²) in [4.78, 5) is 3.98. The highest BCUT2D eigenvalue weighted by molar-refractivity contribution is 7.92. The fourth-order valence-electron chi connectivity index (χ4n) is 1.78. The van der Waals surface area contributed by atoms with E-state index >= 15 is 0 Å². The molecule has 0 fully saturated rings. The Balaban J connectivity index is 2.25.